The number of rotatable bonds is 4. The Kier molecular flexibility index (Phi) is 9.95. The van der Waals surface area contributed by atoms with Crippen LogP contribution >= 0.6 is 0 Å². The topological polar surface area (TPSA) is 115 Å². The summed E-state index contributed by atoms with van der Waals surface area (Å²) in [6.45, 7) is 13.4. The van der Waals surface area contributed by atoms with Crippen molar-refractivity contribution in [3.8, 4) is 11.5 Å². The van der Waals surface area contributed by atoms with E-state index < -0.39 is 11.9 Å². The van der Waals surface area contributed by atoms with E-state index in [1.54, 1.807) is 24.3 Å². The third-order valence-electron chi connectivity index (χ3n) is 3.91. The minimum Gasteiger partial charge on any atom is -0.508 e. The molecule has 2 aromatic carbocycles. The lowest BCUT2D eigenvalue weighted by atomic mass is 9.78. The van der Waals surface area contributed by atoms with E-state index in [2.05, 4.69) is 27.0 Å². The highest BCUT2D eigenvalue weighted by Crippen LogP contribution is 2.32. The maximum Gasteiger partial charge on any atom is 0.330 e. The van der Waals surface area contributed by atoms with E-state index >= 15 is 0 Å². The first kappa shape index (κ1) is 25.5. The summed E-state index contributed by atoms with van der Waals surface area (Å²) in [5, 5.41) is 34.4. The molecule has 0 bridgehead atoms. The highest BCUT2D eigenvalue weighted by molar-refractivity contribution is 5.85. The molecule has 0 aliphatic heterocycles. The Hall–Kier alpha value is -3.54. The summed E-state index contributed by atoms with van der Waals surface area (Å²) in [6, 6.07) is 14.4. The van der Waals surface area contributed by atoms with Crippen LogP contribution in [0.3, 0.4) is 0 Å². The zero-order valence-electron chi connectivity index (χ0n) is 17.1. The van der Waals surface area contributed by atoms with E-state index in [0.29, 0.717) is 0 Å². The van der Waals surface area contributed by atoms with Gasteiger partial charge in [-0.05, 0) is 49.2 Å². The Morgan fingerprint density at radius 1 is 0.690 bits per heavy atom. The van der Waals surface area contributed by atoms with Crippen LogP contribution < -0.4 is 0 Å². The van der Waals surface area contributed by atoms with Crippen molar-refractivity contribution in [2.75, 3.05) is 0 Å². The molecular weight excluding hydrogens is 372 g/mol. The van der Waals surface area contributed by atoms with Crippen LogP contribution in [0.5, 0.6) is 11.5 Å². The number of hydrogen-bond donors (Lipinski definition) is 4. The predicted octanol–water partition coefficient (Wildman–Crippen LogP) is 4.72. The third kappa shape index (κ3) is 9.28. The van der Waals surface area contributed by atoms with Gasteiger partial charge in [-0.1, -0.05) is 51.3 Å². The Bertz CT molecular complexity index is 750. The summed E-state index contributed by atoms with van der Waals surface area (Å²) < 4.78 is 0. The summed E-state index contributed by atoms with van der Waals surface area (Å²) in [5.74, 6) is -1.32. The second kappa shape index (κ2) is 11.3. The molecule has 0 unspecified atom stereocenters. The molecular formula is C23H28O6. The van der Waals surface area contributed by atoms with E-state index in [1.807, 2.05) is 24.3 Å². The fraction of sp³-hybridized carbons (Fsp3) is 0.217. The van der Waals surface area contributed by atoms with E-state index in [4.69, 9.17) is 10.2 Å². The van der Waals surface area contributed by atoms with Crippen LogP contribution in [-0.4, -0.2) is 32.4 Å². The first-order chi connectivity index (χ1) is 13.3. The number of phenolic OH excluding ortho intramolecular Hbond substituents is 2. The number of phenols is 2. The molecule has 0 amide bonds. The van der Waals surface area contributed by atoms with Crippen LogP contribution in [-0.2, 0) is 15.0 Å². The molecule has 0 saturated carbocycles. The fourth-order valence-corrected chi connectivity index (χ4v) is 1.92. The molecule has 0 saturated heterocycles. The quantitative estimate of drug-likeness (QED) is 0.552. The molecule has 0 aliphatic carbocycles. The summed E-state index contributed by atoms with van der Waals surface area (Å²) in [5.41, 5.74) is 2.45. The average Bonchev–Trinajstić information content (AvgIpc) is 2.63. The van der Waals surface area contributed by atoms with Gasteiger partial charge in [0.15, 0.2) is 0 Å². The number of carboxylic acids is 2. The summed E-state index contributed by atoms with van der Waals surface area (Å²) in [7, 11) is 0. The van der Waals surface area contributed by atoms with Gasteiger partial charge in [-0.2, -0.15) is 0 Å². The molecule has 2 rings (SSSR count). The first-order valence-corrected chi connectivity index (χ1v) is 8.65. The number of benzene rings is 2. The Morgan fingerprint density at radius 2 is 0.897 bits per heavy atom. The number of carboxylic acid groups (broad SMARTS) is 2. The predicted molar refractivity (Wildman–Crippen MR) is 113 cm³/mol. The van der Waals surface area contributed by atoms with Gasteiger partial charge in [-0.15, -0.1) is 0 Å². The largest absolute Gasteiger partial charge is 0.508 e. The van der Waals surface area contributed by atoms with Crippen molar-refractivity contribution in [1.82, 2.24) is 0 Å². The first-order valence-electron chi connectivity index (χ1n) is 8.65. The van der Waals surface area contributed by atoms with Crippen molar-refractivity contribution in [3.05, 3.63) is 84.0 Å². The van der Waals surface area contributed by atoms with Gasteiger partial charge < -0.3 is 20.4 Å². The Labute approximate surface area is 171 Å². The minimum atomic E-state index is -0.935. The van der Waals surface area contributed by atoms with Gasteiger partial charge in [0, 0.05) is 16.6 Å². The van der Waals surface area contributed by atoms with E-state index in [0.717, 1.165) is 11.1 Å². The molecule has 0 aliphatic rings. The van der Waals surface area contributed by atoms with E-state index in [1.165, 1.54) is 13.8 Å². The fourth-order valence-electron chi connectivity index (χ4n) is 1.92. The molecule has 0 atom stereocenters. The van der Waals surface area contributed by atoms with Gasteiger partial charge in [0.1, 0.15) is 11.5 Å². The SMILES string of the molecule is C=C(C)C(=O)O.C=C(C)C(=O)O.CC(C)(c1ccc(O)cc1)c1ccc(O)cc1. The summed E-state index contributed by atoms with van der Waals surface area (Å²) in [6.07, 6.45) is 0. The van der Waals surface area contributed by atoms with Gasteiger partial charge >= 0.3 is 11.9 Å². The highest BCUT2D eigenvalue weighted by Gasteiger charge is 2.22. The van der Waals surface area contributed by atoms with Crippen molar-refractivity contribution in [2.24, 2.45) is 0 Å². The molecule has 156 valence electrons. The maximum absolute atomic E-state index is 9.60. The number of aromatic hydroxyl groups is 2. The number of aliphatic carboxylic acids is 2. The van der Waals surface area contributed by atoms with Gasteiger partial charge in [0.25, 0.3) is 0 Å². The molecule has 0 fully saturated rings. The Balaban J connectivity index is 0.000000542. The normalized spacial score (nSPS) is 9.79. The molecule has 0 heterocycles. The van der Waals surface area contributed by atoms with Crippen molar-refractivity contribution in [2.45, 2.75) is 33.1 Å². The smallest absolute Gasteiger partial charge is 0.330 e. The lowest BCUT2D eigenvalue weighted by Gasteiger charge is -2.26. The standard InChI is InChI=1S/C15H16O2.2C4H6O2/c1-15(2,11-3-7-13(16)8-4-11)12-5-9-14(17)10-6-12;2*1-3(2)4(5)6/h3-10,16-17H,1-2H3;2*1H2,2H3,(H,5,6). The van der Waals surface area contributed by atoms with Crippen LogP contribution in [0.2, 0.25) is 0 Å². The molecule has 6 heteroatoms. The molecule has 2 aromatic rings. The second-order valence-corrected chi connectivity index (χ2v) is 6.89. The van der Waals surface area contributed by atoms with E-state index in [-0.39, 0.29) is 28.1 Å². The average molecular weight is 400 g/mol. The number of hydrogen-bond acceptors (Lipinski definition) is 4. The van der Waals surface area contributed by atoms with Gasteiger partial charge in [0.2, 0.25) is 0 Å². The van der Waals surface area contributed by atoms with Crippen molar-refractivity contribution in [3.63, 3.8) is 0 Å². The van der Waals surface area contributed by atoms with Crippen LogP contribution in [0.15, 0.2) is 72.8 Å². The zero-order chi connectivity index (χ0) is 22.8. The second-order valence-electron chi connectivity index (χ2n) is 6.89. The van der Waals surface area contributed by atoms with Crippen LogP contribution in [0.25, 0.3) is 0 Å². The summed E-state index contributed by atoms with van der Waals surface area (Å²) in [4.78, 5) is 19.2. The van der Waals surface area contributed by atoms with E-state index in [9.17, 15) is 19.8 Å². The lowest BCUT2D eigenvalue weighted by molar-refractivity contribution is -0.133. The van der Waals surface area contributed by atoms with Gasteiger partial charge in [-0.25, -0.2) is 9.59 Å². The minimum absolute atomic E-state index is 0.151. The molecule has 0 aromatic heterocycles. The van der Waals surface area contributed by atoms with Crippen LogP contribution in [0.4, 0.5) is 0 Å². The number of carbonyl (C=O) groups is 2. The van der Waals surface area contributed by atoms with Crippen molar-refractivity contribution >= 4 is 11.9 Å². The maximum atomic E-state index is 9.60. The molecule has 0 radical (unpaired) electrons. The molecule has 4 N–H and O–H groups in total. The highest BCUT2D eigenvalue weighted by atomic mass is 16.4. The van der Waals surface area contributed by atoms with Gasteiger partial charge in [0.05, 0.1) is 0 Å². The van der Waals surface area contributed by atoms with Crippen molar-refractivity contribution in [1.29, 1.82) is 0 Å². The lowest BCUT2D eigenvalue weighted by Crippen LogP contribution is -2.18. The zero-order valence-corrected chi connectivity index (χ0v) is 17.1. The molecule has 0 spiro atoms. The van der Waals surface area contributed by atoms with Crippen LogP contribution in [0, 0.1) is 0 Å². The monoisotopic (exact) mass is 400 g/mol. The summed E-state index contributed by atoms with van der Waals surface area (Å²) >= 11 is 0. The Morgan fingerprint density at radius 3 is 1.07 bits per heavy atom. The van der Waals surface area contributed by atoms with Gasteiger partial charge in [-0.3, -0.25) is 0 Å². The van der Waals surface area contributed by atoms with Crippen molar-refractivity contribution < 1.29 is 30.0 Å². The molecule has 29 heavy (non-hydrogen) atoms. The van der Waals surface area contributed by atoms with Crippen LogP contribution in [0.1, 0.15) is 38.8 Å². The third-order valence-corrected chi connectivity index (χ3v) is 3.91. The molecule has 6 nitrogen and oxygen atoms in total.